The van der Waals surface area contributed by atoms with Gasteiger partial charge in [-0.3, -0.25) is 15.0 Å². The molecule has 1 fully saturated rings. The first kappa shape index (κ1) is 26.9. The summed E-state index contributed by atoms with van der Waals surface area (Å²) in [7, 11) is 4.08. The highest BCUT2D eigenvalue weighted by Crippen LogP contribution is 2.38. The zero-order valence-electron chi connectivity index (χ0n) is 24.6. The standard InChI is InChI=1S/C33H34N10/c1-22-35-33-36-29(28(24-9-5-4-6-10-24)32(41(2)3)43(33)40-22)25-14-12-23(13-15-25)21-42-19-16-26(17-20-42)30-37-31(39-38-30)27-11-7-8-18-34-27/h4-15,18,26H,16-17,19-21H2,1-3H3,(H,37,38,39). The number of hydrogen-bond donors (Lipinski definition) is 1. The quantitative estimate of drug-likeness (QED) is 0.272. The number of piperidine rings is 1. The van der Waals surface area contributed by atoms with E-state index in [-0.39, 0.29) is 0 Å². The smallest absolute Gasteiger partial charge is 0.254 e. The fraction of sp³-hybridized carbons (Fsp3) is 0.273. The van der Waals surface area contributed by atoms with Gasteiger partial charge in [-0.1, -0.05) is 60.7 Å². The van der Waals surface area contributed by atoms with Crippen molar-refractivity contribution in [2.24, 2.45) is 0 Å². The van der Waals surface area contributed by atoms with Crippen molar-refractivity contribution in [2.75, 3.05) is 32.1 Å². The fourth-order valence-corrected chi connectivity index (χ4v) is 5.93. The first-order chi connectivity index (χ1) is 21.0. The second-order valence-electron chi connectivity index (χ2n) is 11.3. The third kappa shape index (κ3) is 5.37. The Morgan fingerprint density at radius 3 is 2.35 bits per heavy atom. The molecular formula is C33H34N10. The van der Waals surface area contributed by atoms with Crippen LogP contribution in [0, 0.1) is 6.92 Å². The number of benzene rings is 2. The zero-order chi connectivity index (χ0) is 29.3. The summed E-state index contributed by atoms with van der Waals surface area (Å²) in [6.45, 7) is 4.83. The number of nitrogens with one attached hydrogen (secondary N) is 1. The summed E-state index contributed by atoms with van der Waals surface area (Å²) >= 11 is 0. The number of aryl methyl sites for hydroxylation is 1. The van der Waals surface area contributed by atoms with Gasteiger partial charge in [0.15, 0.2) is 11.6 Å². The summed E-state index contributed by atoms with van der Waals surface area (Å²) in [5, 5.41) is 12.2. The van der Waals surface area contributed by atoms with Crippen molar-refractivity contribution in [1.82, 2.24) is 44.6 Å². The molecule has 4 aromatic heterocycles. The van der Waals surface area contributed by atoms with Gasteiger partial charge in [-0.15, -0.1) is 5.10 Å². The maximum atomic E-state index is 5.02. The van der Waals surface area contributed by atoms with Crippen LogP contribution in [0.3, 0.4) is 0 Å². The molecule has 6 aromatic rings. The molecule has 0 amide bonds. The maximum Gasteiger partial charge on any atom is 0.254 e. The maximum absolute atomic E-state index is 5.02. The van der Waals surface area contributed by atoms with E-state index in [0.717, 1.165) is 78.0 Å². The minimum Gasteiger partial charge on any atom is -0.362 e. The Hall–Kier alpha value is -4.96. The monoisotopic (exact) mass is 570 g/mol. The number of hydrogen-bond acceptors (Lipinski definition) is 8. The topological polar surface area (TPSA) is 104 Å². The number of H-pyrrole nitrogens is 1. The Morgan fingerprint density at radius 2 is 1.63 bits per heavy atom. The van der Waals surface area contributed by atoms with Gasteiger partial charge in [0.1, 0.15) is 17.3 Å². The van der Waals surface area contributed by atoms with E-state index in [1.807, 2.05) is 49.8 Å². The van der Waals surface area contributed by atoms with Gasteiger partial charge in [0.2, 0.25) is 0 Å². The molecule has 5 heterocycles. The van der Waals surface area contributed by atoms with Gasteiger partial charge in [-0.2, -0.15) is 14.6 Å². The molecule has 1 saturated heterocycles. The van der Waals surface area contributed by atoms with Gasteiger partial charge in [-0.05, 0) is 56.1 Å². The molecule has 10 nitrogen and oxygen atoms in total. The summed E-state index contributed by atoms with van der Waals surface area (Å²) in [5.41, 5.74) is 6.19. The Labute approximate surface area is 250 Å². The predicted molar refractivity (Wildman–Crippen MR) is 168 cm³/mol. The molecule has 0 radical (unpaired) electrons. The van der Waals surface area contributed by atoms with Crippen molar-refractivity contribution in [3.8, 4) is 33.9 Å². The minimum atomic E-state index is 0.358. The van der Waals surface area contributed by atoms with Crippen LogP contribution in [0.1, 0.15) is 36.0 Å². The number of fused-ring (bicyclic) bond motifs is 1. The van der Waals surface area contributed by atoms with Crippen LogP contribution in [-0.4, -0.2) is 71.8 Å². The summed E-state index contributed by atoms with van der Waals surface area (Å²) < 4.78 is 1.84. The van der Waals surface area contributed by atoms with Gasteiger partial charge in [0, 0.05) is 38.3 Å². The molecule has 0 unspecified atom stereocenters. The number of nitrogens with zero attached hydrogens (tertiary/aromatic N) is 9. The molecule has 0 bridgehead atoms. The molecule has 1 aliphatic rings. The van der Waals surface area contributed by atoms with E-state index in [1.165, 1.54) is 5.56 Å². The molecule has 43 heavy (non-hydrogen) atoms. The normalized spacial score (nSPS) is 14.4. The highest BCUT2D eigenvalue weighted by atomic mass is 15.4. The lowest BCUT2D eigenvalue weighted by molar-refractivity contribution is 0.202. The number of anilines is 1. The van der Waals surface area contributed by atoms with E-state index in [1.54, 1.807) is 6.20 Å². The molecule has 1 aliphatic heterocycles. The fourth-order valence-electron chi connectivity index (χ4n) is 5.93. The van der Waals surface area contributed by atoms with E-state index in [2.05, 4.69) is 83.6 Å². The molecule has 1 N–H and O–H groups in total. The van der Waals surface area contributed by atoms with Crippen molar-refractivity contribution in [2.45, 2.75) is 32.2 Å². The summed E-state index contributed by atoms with van der Waals surface area (Å²) in [6.07, 6.45) is 3.85. The van der Waals surface area contributed by atoms with Gasteiger partial charge < -0.3 is 4.90 Å². The van der Waals surface area contributed by atoms with Crippen LogP contribution in [0.5, 0.6) is 0 Å². The Morgan fingerprint density at radius 1 is 0.860 bits per heavy atom. The second kappa shape index (κ2) is 11.4. The Bertz CT molecular complexity index is 1830. The second-order valence-corrected chi connectivity index (χ2v) is 11.3. The lowest BCUT2D eigenvalue weighted by atomic mass is 9.95. The molecule has 0 aliphatic carbocycles. The van der Waals surface area contributed by atoms with Gasteiger partial charge in [0.05, 0.1) is 11.3 Å². The number of aromatic nitrogens is 8. The van der Waals surface area contributed by atoms with E-state index in [4.69, 9.17) is 9.97 Å². The molecular weight excluding hydrogens is 536 g/mol. The Balaban J connectivity index is 1.10. The molecule has 0 spiro atoms. The van der Waals surface area contributed by atoms with Crippen molar-refractivity contribution in [3.63, 3.8) is 0 Å². The minimum absolute atomic E-state index is 0.358. The van der Waals surface area contributed by atoms with Gasteiger partial charge in [-0.25, -0.2) is 9.97 Å². The van der Waals surface area contributed by atoms with Crippen molar-refractivity contribution in [3.05, 3.63) is 96.2 Å². The van der Waals surface area contributed by atoms with Crippen LogP contribution in [0.4, 0.5) is 5.82 Å². The first-order valence-electron chi connectivity index (χ1n) is 14.7. The lowest BCUT2D eigenvalue weighted by Gasteiger charge is -2.30. The van der Waals surface area contributed by atoms with E-state index < -0.39 is 0 Å². The van der Waals surface area contributed by atoms with E-state index >= 15 is 0 Å². The molecule has 216 valence electrons. The number of aromatic amines is 1. The average molecular weight is 571 g/mol. The zero-order valence-corrected chi connectivity index (χ0v) is 24.6. The molecule has 2 aromatic carbocycles. The first-order valence-corrected chi connectivity index (χ1v) is 14.7. The van der Waals surface area contributed by atoms with E-state index in [9.17, 15) is 0 Å². The Kier molecular flexibility index (Phi) is 7.12. The van der Waals surface area contributed by atoms with Crippen LogP contribution in [0.25, 0.3) is 39.7 Å². The third-order valence-corrected chi connectivity index (χ3v) is 8.05. The largest absolute Gasteiger partial charge is 0.362 e. The highest BCUT2D eigenvalue weighted by molar-refractivity contribution is 5.89. The van der Waals surface area contributed by atoms with Crippen LogP contribution >= 0.6 is 0 Å². The molecule has 7 rings (SSSR count). The number of pyridine rings is 1. The average Bonchev–Trinajstić information content (AvgIpc) is 3.68. The molecule has 0 atom stereocenters. The van der Waals surface area contributed by atoms with Gasteiger partial charge >= 0.3 is 0 Å². The predicted octanol–water partition coefficient (Wildman–Crippen LogP) is 5.39. The molecule has 0 saturated carbocycles. The van der Waals surface area contributed by atoms with Crippen molar-refractivity contribution in [1.29, 1.82) is 0 Å². The summed E-state index contributed by atoms with van der Waals surface area (Å²) in [6, 6.07) is 25.0. The summed E-state index contributed by atoms with van der Waals surface area (Å²) in [5.74, 6) is 4.24. The van der Waals surface area contributed by atoms with Crippen LogP contribution in [0.2, 0.25) is 0 Å². The van der Waals surface area contributed by atoms with Crippen LogP contribution in [0.15, 0.2) is 79.0 Å². The van der Waals surface area contributed by atoms with Crippen molar-refractivity contribution < 1.29 is 0 Å². The summed E-state index contributed by atoms with van der Waals surface area (Å²) in [4.78, 5) is 23.4. The molecule has 10 heteroatoms. The van der Waals surface area contributed by atoms with Gasteiger partial charge in [0.25, 0.3) is 5.78 Å². The number of likely N-dealkylation sites (tertiary alicyclic amines) is 1. The van der Waals surface area contributed by atoms with Crippen LogP contribution in [-0.2, 0) is 6.54 Å². The third-order valence-electron chi connectivity index (χ3n) is 8.05. The SMILES string of the molecule is Cc1nc2nc(-c3ccc(CN4CCC(c5n[nH]c(-c6ccccn6)n5)CC4)cc3)c(-c3ccccc3)c(N(C)C)n2n1. The highest BCUT2D eigenvalue weighted by Gasteiger charge is 2.25. The number of rotatable bonds is 7. The van der Waals surface area contributed by atoms with Crippen LogP contribution < -0.4 is 4.90 Å². The van der Waals surface area contributed by atoms with Crippen molar-refractivity contribution >= 4 is 11.6 Å². The van der Waals surface area contributed by atoms with E-state index in [0.29, 0.717) is 17.5 Å². The lowest BCUT2D eigenvalue weighted by Crippen LogP contribution is -2.32.